The summed E-state index contributed by atoms with van der Waals surface area (Å²) >= 11 is 15.3. The molecule has 1 heterocycles. The minimum absolute atomic E-state index is 0.469. The maximum Gasteiger partial charge on any atom is 0.131 e. The van der Waals surface area contributed by atoms with Crippen LogP contribution in [0.1, 0.15) is 5.56 Å². The predicted octanol–water partition coefficient (Wildman–Crippen LogP) is 4.76. The molecule has 0 fully saturated rings. The Balaban J connectivity index is 2.07. The number of anilines is 1. The molecule has 0 aliphatic heterocycles. The van der Waals surface area contributed by atoms with Gasteiger partial charge < -0.3 is 5.32 Å². The normalized spacial score (nSPS) is 10.3. The lowest BCUT2D eigenvalue weighted by atomic mass is 10.2. The molecule has 0 atom stereocenters. The molecule has 2 aromatic rings. The monoisotopic (exact) mass is 330 g/mol. The van der Waals surface area contributed by atoms with Crippen LogP contribution in [0.3, 0.4) is 0 Å². The molecule has 0 saturated heterocycles. The van der Waals surface area contributed by atoms with Gasteiger partial charge in [0.15, 0.2) is 0 Å². The Hall–Kier alpha value is -0.770. The van der Waals surface area contributed by atoms with Crippen molar-refractivity contribution in [3.63, 3.8) is 0 Å². The van der Waals surface area contributed by atoms with Crippen LogP contribution < -0.4 is 5.32 Å². The van der Waals surface area contributed by atoms with Crippen molar-refractivity contribution in [1.82, 2.24) is 4.98 Å². The molecule has 0 unspecified atom stereocenters. The predicted molar refractivity (Wildman–Crippen MR) is 75.7 cm³/mol. The minimum atomic E-state index is 0.469. The van der Waals surface area contributed by atoms with E-state index in [0.717, 1.165) is 15.9 Å². The van der Waals surface area contributed by atoms with E-state index in [1.807, 2.05) is 30.3 Å². The minimum Gasteiger partial charge on any atom is -0.366 e. The summed E-state index contributed by atoms with van der Waals surface area (Å²) < 4.78 is 0.965. The molecule has 0 aliphatic carbocycles. The Labute approximate surface area is 118 Å². The summed E-state index contributed by atoms with van der Waals surface area (Å²) in [4.78, 5) is 4.14. The van der Waals surface area contributed by atoms with Gasteiger partial charge in [-0.1, -0.05) is 51.3 Å². The molecule has 0 radical (unpaired) electrons. The summed E-state index contributed by atoms with van der Waals surface area (Å²) in [5.74, 6) is 0.733. The van der Waals surface area contributed by atoms with E-state index in [2.05, 4.69) is 26.2 Å². The van der Waals surface area contributed by atoms with Gasteiger partial charge in [0.05, 0.1) is 0 Å². The molecule has 1 aromatic heterocycles. The first-order valence-electron chi connectivity index (χ1n) is 4.95. The molecule has 0 bridgehead atoms. The van der Waals surface area contributed by atoms with E-state index in [1.54, 1.807) is 6.07 Å². The lowest BCUT2D eigenvalue weighted by molar-refractivity contribution is 1.11. The molecule has 0 aliphatic rings. The molecule has 2 rings (SSSR count). The Morgan fingerprint density at radius 1 is 1.18 bits per heavy atom. The van der Waals surface area contributed by atoms with Crippen molar-refractivity contribution < 1.29 is 0 Å². The molecule has 1 aromatic carbocycles. The van der Waals surface area contributed by atoms with Gasteiger partial charge in [0.1, 0.15) is 11.0 Å². The lowest BCUT2D eigenvalue weighted by Crippen LogP contribution is -2.01. The number of nitrogens with one attached hydrogen (secondary N) is 1. The van der Waals surface area contributed by atoms with E-state index in [1.165, 1.54) is 0 Å². The average Bonchev–Trinajstić information content (AvgIpc) is 2.28. The lowest BCUT2D eigenvalue weighted by Gasteiger charge is -2.07. The second kappa shape index (κ2) is 5.71. The highest BCUT2D eigenvalue weighted by molar-refractivity contribution is 9.10. The van der Waals surface area contributed by atoms with E-state index < -0.39 is 0 Å². The largest absolute Gasteiger partial charge is 0.366 e. The van der Waals surface area contributed by atoms with Crippen LogP contribution in [0.15, 0.2) is 40.9 Å². The van der Waals surface area contributed by atoms with Gasteiger partial charge in [-0.15, -0.1) is 0 Å². The molecule has 5 heteroatoms. The fraction of sp³-hybridized carbons (Fsp3) is 0.0833. The quantitative estimate of drug-likeness (QED) is 0.820. The van der Waals surface area contributed by atoms with Crippen LogP contribution in [0.2, 0.25) is 10.2 Å². The van der Waals surface area contributed by atoms with Crippen molar-refractivity contribution in [2.24, 2.45) is 0 Å². The van der Waals surface area contributed by atoms with Gasteiger partial charge in [-0.2, -0.15) is 0 Å². The van der Waals surface area contributed by atoms with Crippen LogP contribution in [0.5, 0.6) is 0 Å². The molecule has 0 spiro atoms. The van der Waals surface area contributed by atoms with Crippen LogP contribution in [0, 0.1) is 0 Å². The number of nitrogens with zero attached hydrogens (tertiary/aromatic N) is 1. The Morgan fingerprint density at radius 2 is 2.00 bits per heavy atom. The Morgan fingerprint density at radius 3 is 2.71 bits per heavy atom. The van der Waals surface area contributed by atoms with E-state index in [9.17, 15) is 0 Å². The van der Waals surface area contributed by atoms with Crippen LogP contribution in [-0.2, 0) is 6.54 Å². The first kappa shape index (κ1) is 12.7. The van der Waals surface area contributed by atoms with Crippen molar-refractivity contribution in [2.75, 3.05) is 5.32 Å². The van der Waals surface area contributed by atoms with Crippen LogP contribution >= 0.6 is 39.1 Å². The average molecular weight is 332 g/mol. The fourth-order valence-electron chi connectivity index (χ4n) is 1.36. The second-order valence-electron chi connectivity index (χ2n) is 3.43. The standard InChI is InChI=1S/C12H9BrCl2N2/c13-9-5-4-8(10(14)6-9)7-16-12-3-1-2-11(15)17-12/h1-6H,7H2,(H,16,17). The maximum atomic E-state index is 6.11. The summed E-state index contributed by atoms with van der Waals surface area (Å²) in [6.45, 7) is 0.611. The Kier molecular flexibility index (Phi) is 4.26. The summed E-state index contributed by atoms with van der Waals surface area (Å²) in [6.07, 6.45) is 0. The fourth-order valence-corrected chi connectivity index (χ4v) is 2.26. The first-order valence-corrected chi connectivity index (χ1v) is 6.50. The first-order chi connectivity index (χ1) is 8.15. The van der Waals surface area contributed by atoms with Gasteiger partial charge in [-0.3, -0.25) is 0 Å². The third-order valence-electron chi connectivity index (χ3n) is 2.19. The van der Waals surface area contributed by atoms with Gasteiger partial charge in [0, 0.05) is 16.0 Å². The number of hydrogen-bond acceptors (Lipinski definition) is 2. The summed E-state index contributed by atoms with van der Waals surface area (Å²) in [7, 11) is 0. The highest BCUT2D eigenvalue weighted by atomic mass is 79.9. The third kappa shape index (κ3) is 3.60. The molecule has 88 valence electrons. The van der Waals surface area contributed by atoms with Crippen molar-refractivity contribution in [3.8, 4) is 0 Å². The topological polar surface area (TPSA) is 24.9 Å². The van der Waals surface area contributed by atoms with Crippen LogP contribution in [-0.4, -0.2) is 4.98 Å². The van der Waals surface area contributed by atoms with Gasteiger partial charge in [-0.25, -0.2) is 4.98 Å². The number of halogens is 3. The van der Waals surface area contributed by atoms with Gasteiger partial charge in [-0.05, 0) is 29.8 Å². The number of pyridine rings is 1. The number of aromatic nitrogens is 1. The zero-order chi connectivity index (χ0) is 12.3. The number of hydrogen-bond donors (Lipinski definition) is 1. The van der Waals surface area contributed by atoms with E-state index in [4.69, 9.17) is 23.2 Å². The summed E-state index contributed by atoms with van der Waals surface area (Å²) in [5, 5.41) is 4.35. The zero-order valence-corrected chi connectivity index (χ0v) is 11.9. The smallest absolute Gasteiger partial charge is 0.131 e. The maximum absolute atomic E-state index is 6.11. The Bertz CT molecular complexity index is 532. The van der Waals surface area contributed by atoms with Gasteiger partial charge >= 0.3 is 0 Å². The van der Waals surface area contributed by atoms with Crippen molar-refractivity contribution in [2.45, 2.75) is 6.54 Å². The van der Waals surface area contributed by atoms with E-state index in [0.29, 0.717) is 16.7 Å². The van der Waals surface area contributed by atoms with E-state index >= 15 is 0 Å². The number of rotatable bonds is 3. The molecule has 1 N–H and O–H groups in total. The van der Waals surface area contributed by atoms with Gasteiger partial charge in [0.25, 0.3) is 0 Å². The number of benzene rings is 1. The molecule has 0 amide bonds. The van der Waals surface area contributed by atoms with Crippen molar-refractivity contribution in [3.05, 3.63) is 56.6 Å². The van der Waals surface area contributed by atoms with Crippen LogP contribution in [0.25, 0.3) is 0 Å². The molecular weight excluding hydrogens is 323 g/mol. The highest BCUT2D eigenvalue weighted by Crippen LogP contribution is 2.22. The molecular formula is C12H9BrCl2N2. The van der Waals surface area contributed by atoms with Crippen LogP contribution in [0.4, 0.5) is 5.82 Å². The second-order valence-corrected chi connectivity index (χ2v) is 5.14. The third-order valence-corrected chi connectivity index (χ3v) is 3.25. The SMILES string of the molecule is Clc1cccc(NCc2ccc(Br)cc2Cl)n1. The molecule has 0 saturated carbocycles. The van der Waals surface area contributed by atoms with Crippen molar-refractivity contribution >= 4 is 44.9 Å². The molecule has 2 nitrogen and oxygen atoms in total. The highest BCUT2D eigenvalue weighted by Gasteiger charge is 2.01. The zero-order valence-electron chi connectivity index (χ0n) is 8.75. The van der Waals surface area contributed by atoms with Crippen molar-refractivity contribution in [1.29, 1.82) is 0 Å². The summed E-state index contributed by atoms with van der Waals surface area (Å²) in [6, 6.07) is 11.2. The molecule has 17 heavy (non-hydrogen) atoms. The van der Waals surface area contributed by atoms with Gasteiger partial charge in [0.2, 0.25) is 0 Å². The van der Waals surface area contributed by atoms with E-state index in [-0.39, 0.29) is 0 Å². The summed E-state index contributed by atoms with van der Waals surface area (Å²) in [5.41, 5.74) is 1.01.